The fraction of sp³-hybridized carbons (Fsp3) is 0.950. The number of hydrogen-bond acceptors (Lipinski definition) is 2. The monoisotopic (exact) mass is 304 g/mol. The third-order valence-corrected chi connectivity index (χ3v) is 8.82. The van der Waals surface area contributed by atoms with Gasteiger partial charge in [0, 0.05) is 12.0 Å². The summed E-state index contributed by atoms with van der Waals surface area (Å²) in [4.78, 5) is 11.9. The first-order chi connectivity index (χ1) is 10.5. The minimum Gasteiger partial charge on any atom is -0.396 e. The summed E-state index contributed by atoms with van der Waals surface area (Å²) in [5, 5.41) is 9.77. The summed E-state index contributed by atoms with van der Waals surface area (Å²) in [6.45, 7) is 5.15. The molecule has 4 rings (SSSR count). The SMILES string of the molecule is C[C@@]12CCC[C@@](C)(C=O)[C@H]1CC[C@]13C[C@@H](CO)[C@H](CC[C@H]12)C3. The van der Waals surface area contributed by atoms with Crippen LogP contribution in [0.4, 0.5) is 0 Å². The lowest BCUT2D eigenvalue weighted by Gasteiger charge is -2.63. The molecule has 1 N–H and O–H groups in total. The molecular weight excluding hydrogens is 272 g/mol. The van der Waals surface area contributed by atoms with Crippen LogP contribution < -0.4 is 0 Å². The Bertz CT molecular complexity index is 474. The summed E-state index contributed by atoms with van der Waals surface area (Å²) in [5.74, 6) is 2.73. The van der Waals surface area contributed by atoms with E-state index in [1.54, 1.807) is 0 Å². The summed E-state index contributed by atoms with van der Waals surface area (Å²) >= 11 is 0. The van der Waals surface area contributed by atoms with Crippen LogP contribution in [0.2, 0.25) is 0 Å². The highest BCUT2D eigenvalue weighted by molar-refractivity contribution is 5.60. The van der Waals surface area contributed by atoms with Gasteiger partial charge in [-0.15, -0.1) is 0 Å². The number of carbonyl (C=O) groups is 1. The molecule has 4 fully saturated rings. The zero-order chi connectivity index (χ0) is 15.6. The first kappa shape index (κ1) is 15.2. The lowest BCUT2D eigenvalue weighted by molar-refractivity contribution is -0.157. The van der Waals surface area contributed by atoms with Crippen LogP contribution in [0.15, 0.2) is 0 Å². The predicted octanol–water partition coefficient (Wildman–Crippen LogP) is 4.21. The Morgan fingerprint density at radius 1 is 1.05 bits per heavy atom. The van der Waals surface area contributed by atoms with Gasteiger partial charge in [-0.25, -0.2) is 0 Å². The maximum absolute atomic E-state index is 11.9. The van der Waals surface area contributed by atoms with Crippen molar-refractivity contribution in [2.45, 2.75) is 71.6 Å². The number of carbonyl (C=O) groups excluding carboxylic acids is 1. The minimum atomic E-state index is -0.0829. The molecule has 0 aromatic rings. The van der Waals surface area contributed by atoms with Gasteiger partial charge in [0.25, 0.3) is 0 Å². The van der Waals surface area contributed by atoms with E-state index in [1.165, 1.54) is 57.7 Å². The molecule has 0 radical (unpaired) electrons. The highest BCUT2D eigenvalue weighted by Crippen LogP contribution is 2.72. The van der Waals surface area contributed by atoms with Crippen molar-refractivity contribution >= 4 is 6.29 Å². The van der Waals surface area contributed by atoms with Gasteiger partial charge < -0.3 is 9.90 Å². The van der Waals surface area contributed by atoms with Gasteiger partial charge in [-0.3, -0.25) is 0 Å². The Labute approximate surface area is 135 Å². The average molecular weight is 304 g/mol. The fourth-order valence-electron chi connectivity index (χ4n) is 7.99. The third kappa shape index (κ3) is 1.79. The average Bonchev–Trinajstić information content (AvgIpc) is 2.77. The first-order valence-electron chi connectivity index (χ1n) is 9.55. The normalized spacial score (nSPS) is 57.0. The predicted molar refractivity (Wildman–Crippen MR) is 87.3 cm³/mol. The standard InChI is InChI=1S/C20H32O2/c1-18(13-22)7-3-8-19(2)16(18)6-9-20-10-14(4-5-17(19)20)15(11-20)12-21/h13-17,21H,3-12H2,1-2H3/t14-,15+,16-,17+,18+,19-,20+/m1/s1. The molecule has 0 aromatic carbocycles. The van der Waals surface area contributed by atoms with Gasteiger partial charge in [-0.05, 0) is 85.9 Å². The maximum atomic E-state index is 11.9. The lowest BCUT2D eigenvalue weighted by Crippen LogP contribution is -2.56. The second-order valence-corrected chi connectivity index (χ2v) is 9.68. The highest BCUT2D eigenvalue weighted by atomic mass is 16.3. The number of rotatable bonds is 2. The van der Waals surface area contributed by atoms with E-state index in [0.717, 1.165) is 18.3 Å². The molecule has 2 heteroatoms. The Morgan fingerprint density at radius 2 is 1.86 bits per heavy atom. The van der Waals surface area contributed by atoms with E-state index in [0.29, 0.717) is 29.3 Å². The van der Waals surface area contributed by atoms with Crippen LogP contribution in [0.3, 0.4) is 0 Å². The van der Waals surface area contributed by atoms with E-state index in [-0.39, 0.29) is 5.41 Å². The topological polar surface area (TPSA) is 37.3 Å². The van der Waals surface area contributed by atoms with Crippen molar-refractivity contribution in [3.63, 3.8) is 0 Å². The Hall–Kier alpha value is -0.370. The number of aliphatic hydroxyl groups excluding tert-OH is 1. The molecule has 7 atom stereocenters. The number of fused-ring (bicyclic) bond motifs is 3. The molecule has 4 aliphatic carbocycles. The van der Waals surface area contributed by atoms with E-state index in [1.807, 2.05) is 0 Å². The maximum Gasteiger partial charge on any atom is 0.126 e. The van der Waals surface area contributed by atoms with Crippen molar-refractivity contribution in [1.29, 1.82) is 0 Å². The molecule has 22 heavy (non-hydrogen) atoms. The lowest BCUT2D eigenvalue weighted by atomic mass is 9.41. The van der Waals surface area contributed by atoms with Crippen LogP contribution in [0.25, 0.3) is 0 Å². The molecule has 4 saturated carbocycles. The number of hydrogen-bond donors (Lipinski definition) is 1. The fourth-order valence-corrected chi connectivity index (χ4v) is 7.99. The van der Waals surface area contributed by atoms with Gasteiger partial charge in [0.05, 0.1) is 0 Å². The molecule has 2 nitrogen and oxygen atoms in total. The largest absolute Gasteiger partial charge is 0.396 e. The smallest absolute Gasteiger partial charge is 0.126 e. The van der Waals surface area contributed by atoms with Crippen LogP contribution in [-0.2, 0) is 4.79 Å². The van der Waals surface area contributed by atoms with Crippen molar-refractivity contribution < 1.29 is 9.90 Å². The Morgan fingerprint density at radius 3 is 2.59 bits per heavy atom. The van der Waals surface area contributed by atoms with E-state index >= 15 is 0 Å². The highest BCUT2D eigenvalue weighted by Gasteiger charge is 2.64. The molecule has 0 heterocycles. The van der Waals surface area contributed by atoms with Crippen molar-refractivity contribution in [2.24, 2.45) is 39.9 Å². The molecule has 2 bridgehead atoms. The molecular formula is C20H32O2. The van der Waals surface area contributed by atoms with E-state index in [2.05, 4.69) is 13.8 Å². The molecule has 4 aliphatic rings. The summed E-state index contributed by atoms with van der Waals surface area (Å²) in [6, 6.07) is 0. The molecule has 0 unspecified atom stereocenters. The van der Waals surface area contributed by atoms with Crippen LogP contribution in [0.1, 0.15) is 71.6 Å². The zero-order valence-electron chi connectivity index (χ0n) is 14.3. The quantitative estimate of drug-likeness (QED) is 0.776. The van der Waals surface area contributed by atoms with Crippen molar-refractivity contribution in [3.05, 3.63) is 0 Å². The second-order valence-electron chi connectivity index (χ2n) is 9.68. The molecule has 0 aromatic heterocycles. The van der Waals surface area contributed by atoms with Crippen LogP contribution in [0.5, 0.6) is 0 Å². The van der Waals surface area contributed by atoms with E-state index < -0.39 is 0 Å². The number of aliphatic hydroxyl groups is 1. The third-order valence-electron chi connectivity index (χ3n) is 8.82. The van der Waals surface area contributed by atoms with Gasteiger partial charge in [-0.1, -0.05) is 20.3 Å². The van der Waals surface area contributed by atoms with Gasteiger partial charge in [0.2, 0.25) is 0 Å². The Kier molecular flexibility index (Phi) is 3.32. The van der Waals surface area contributed by atoms with Crippen molar-refractivity contribution in [1.82, 2.24) is 0 Å². The Balaban J connectivity index is 1.70. The van der Waals surface area contributed by atoms with Crippen LogP contribution in [0, 0.1) is 39.9 Å². The van der Waals surface area contributed by atoms with Crippen molar-refractivity contribution in [3.8, 4) is 0 Å². The minimum absolute atomic E-state index is 0.0829. The number of aldehydes is 1. The second kappa shape index (κ2) is 4.82. The molecule has 0 amide bonds. The van der Waals surface area contributed by atoms with E-state index in [9.17, 15) is 9.90 Å². The van der Waals surface area contributed by atoms with Gasteiger partial charge in [-0.2, -0.15) is 0 Å². The van der Waals surface area contributed by atoms with Gasteiger partial charge >= 0.3 is 0 Å². The molecule has 1 spiro atoms. The zero-order valence-corrected chi connectivity index (χ0v) is 14.3. The van der Waals surface area contributed by atoms with Gasteiger partial charge in [0.1, 0.15) is 6.29 Å². The van der Waals surface area contributed by atoms with Crippen LogP contribution >= 0.6 is 0 Å². The summed E-state index contributed by atoms with van der Waals surface area (Å²) in [6.07, 6.45) is 12.8. The van der Waals surface area contributed by atoms with Crippen LogP contribution in [-0.4, -0.2) is 18.0 Å². The van der Waals surface area contributed by atoms with E-state index in [4.69, 9.17) is 0 Å². The van der Waals surface area contributed by atoms with Crippen molar-refractivity contribution in [2.75, 3.05) is 6.61 Å². The molecule has 124 valence electrons. The molecule has 0 saturated heterocycles. The van der Waals surface area contributed by atoms with Gasteiger partial charge in [0.15, 0.2) is 0 Å². The summed E-state index contributed by atoms with van der Waals surface area (Å²) < 4.78 is 0. The summed E-state index contributed by atoms with van der Waals surface area (Å²) in [7, 11) is 0. The molecule has 0 aliphatic heterocycles. The first-order valence-corrected chi connectivity index (χ1v) is 9.55. The summed E-state index contributed by atoms with van der Waals surface area (Å²) in [5.41, 5.74) is 0.782.